The lowest BCUT2D eigenvalue weighted by atomic mass is 10.0. The number of carbonyl (C=O) groups excluding carboxylic acids is 2. The van der Waals surface area contributed by atoms with Gasteiger partial charge in [-0.1, -0.05) is 18.7 Å². The molecule has 1 saturated heterocycles. The Morgan fingerprint density at radius 3 is 2.32 bits per heavy atom. The van der Waals surface area contributed by atoms with Crippen molar-refractivity contribution >= 4 is 35.0 Å². The molecule has 16 heteroatoms. The molecule has 3 aromatic rings. The molecular weight excluding hydrogens is 601 g/mol. The summed E-state index contributed by atoms with van der Waals surface area (Å²) in [6.45, 7) is 4.78. The molecule has 2 aromatic carbocycles. The average molecular weight is 627 g/mol. The first-order valence-electron chi connectivity index (χ1n) is 13.0. The van der Waals surface area contributed by atoms with Crippen molar-refractivity contribution in [2.24, 2.45) is 0 Å². The van der Waals surface area contributed by atoms with Gasteiger partial charge in [0.25, 0.3) is 5.91 Å². The van der Waals surface area contributed by atoms with Crippen LogP contribution in [0.1, 0.15) is 18.4 Å². The number of hydroxylamine groups is 1. The molecule has 2 heterocycles. The molecule has 44 heavy (non-hydrogen) atoms. The summed E-state index contributed by atoms with van der Waals surface area (Å²) in [5.74, 6) is -4.89. The summed E-state index contributed by atoms with van der Waals surface area (Å²) in [7, 11) is 1.98. The van der Waals surface area contributed by atoms with Gasteiger partial charge in [-0.15, -0.1) is 5.06 Å². The standard InChI is InChI=1S/C28H25F7N6O3/c1-3-23(42)41(44-25(43)28(33,34)35)19-8-9-21(29)22(14-19)38-24-20(16-4-6-17(7-5-16)27(30,31)32)15-36-26(39-24)37-18-10-12-40(2)13-11-18/h3-9,14-15,18H,1,10-13H2,2H3,(H2,36,37,38,39). The molecule has 1 aliphatic heterocycles. The van der Waals surface area contributed by atoms with Crippen molar-refractivity contribution in [3.63, 3.8) is 0 Å². The number of nitrogens with one attached hydrogen (secondary N) is 2. The summed E-state index contributed by atoms with van der Waals surface area (Å²) in [5, 5.41) is 5.84. The highest BCUT2D eigenvalue weighted by Crippen LogP contribution is 2.35. The number of rotatable bonds is 7. The fourth-order valence-corrected chi connectivity index (χ4v) is 4.24. The van der Waals surface area contributed by atoms with E-state index in [0.29, 0.717) is 6.08 Å². The molecule has 1 aliphatic rings. The molecule has 0 saturated carbocycles. The van der Waals surface area contributed by atoms with Gasteiger partial charge in [0.2, 0.25) is 5.95 Å². The number of likely N-dealkylation sites (tertiary alicyclic amines) is 1. The first-order chi connectivity index (χ1) is 20.7. The molecule has 0 atom stereocenters. The Labute approximate surface area is 246 Å². The minimum atomic E-state index is -5.45. The second kappa shape index (κ2) is 12.9. The van der Waals surface area contributed by atoms with E-state index >= 15 is 4.39 Å². The van der Waals surface area contributed by atoms with Gasteiger partial charge in [-0.2, -0.15) is 31.3 Å². The lowest BCUT2D eigenvalue weighted by Gasteiger charge is -2.29. The smallest absolute Gasteiger partial charge is 0.351 e. The number of hydrogen-bond donors (Lipinski definition) is 2. The van der Waals surface area contributed by atoms with E-state index in [1.807, 2.05) is 7.05 Å². The monoisotopic (exact) mass is 626 g/mol. The van der Waals surface area contributed by atoms with E-state index in [9.17, 15) is 35.9 Å². The minimum absolute atomic E-state index is 0.00201. The van der Waals surface area contributed by atoms with E-state index < -0.39 is 47.0 Å². The van der Waals surface area contributed by atoms with Gasteiger partial charge in [0, 0.05) is 17.8 Å². The van der Waals surface area contributed by atoms with Gasteiger partial charge < -0.3 is 20.4 Å². The van der Waals surface area contributed by atoms with Crippen LogP contribution in [0.15, 0.2) is 61.3 Å². The molecule has 4 rings (SSSR count). The number of hydrogen-bond acceptors (Lipinski definition) is 8. The van der Waals surface area contributed by atoms with Crippen LogP contribution in [0.4, 0.5) is 53.9 Å². The molecule has 234 valence electrons. The van der Waals surface area contributed by atoms with Crippen LogP contribution in [-0.4, -0.2) is 59.1 Å². The number of nitrogens with zero attached hydrogens (tertiary/aromatic N) is 4. The number of alkyl halides is 6. The lowest BCUT2D eigenvalue weighted by molar-refractivity contribution is -0.201. The van der Waals surface area contributed by atoms with E-state index in [2.05, 4.69) is 36.9 Å². The van der Waals surface area contributed by atoms with Gasteiger partial charge in [-0.25, -0.2) is 14.2 Å². The summed E-state index contributed by atoms with van der Waals surface area (Å²) < 4.78 is 93.0. The van der Waals surface area contributed by atoms with E-state index in [4.69, 9.17) is 0 Å². The Kier molecular flexibility index (Phi) is 9.42. The van der Waals surface area contributed by atoms with Crippen molar-refractivity contribution in [2.45, 2.75) is 31.2 Å². The lowest BCUT2D eigenvalue weighted by Crippen LogP contribution is -2.38. The Morgan fingerprint density at radius 2 is 1.73 bits per heavy atom. The second-order valence-corrected chi connectivity index (χ2v) is 9.76. The Balaban J connectivity index is 1.73. The molecule has 0 aliphatic carbocycles. The van der Waals surface area contributed by atoms with Crippen molar-refractivity contribution in [1.29, 1.82) is 0 Å². The number of amides is 1. The van der Waals surface area contributed by atoms with Crippen LogP contribution in [0.25, 0.3) is 11.1 Å². The number of piperidine rings is 1. The van der Waals surface area contributed by atoms with Gasteiger partial charge in [0.1, 0.15) is 11.6 Å². The first kappa shape index (κ1) is 32.2. The minimum Gasteiger partial charge on any atom is -0.351 e. The second-order valence-electron chi connectivity index (χ2n) is 9.76. The van der Waals surface area contributed by atoms with Crippen LogP contribution in [0.3, 0.4) is 0 Å². The molecule has 1 fully saturated rings. The molecule has 0 spiro atoms. The van der Waals surface area contributed by atoms with Gasteiger partial charge >= 0.3 is 18.3 Å². The number of benzene rings is 2. The Hall–Kier alpha value is -4.73. The molecular formula is C28H25F7N6O3. The Morgan fingerprint density at radius 1 is 1.07 bits per heavy atom. The predicted octanol–water partition coefficient (Wildman–Crippen LogP) is 6.09. The van der Waals surface area contributed by atoms with Gasteiger partial charge in [0.05, 0.1) is 16.9 Å². The van der Waals surface area contributed by atoms with Gasteiger partial charge in [-0.05, 0) is 75.0 Å². The zero-order valence-electron chi connectivity index (χ0n) is 23.0. The summed E-state index contributed by atoms with van der Waals surface area (Å²) in [6.07, 6.45) is -6.61. The van der Waals surface area contributed by atoms with E-state index in [1.54, 1.807) is 0 Å². The Bertz CT molecular complexity index is 1520. The molecule has 0 bridgehead atoms. The normalized spacial score (nSPS) is 14.5. The number of carbonyl (C=O) groups is 2. The summed E-state index contributed by atoms with van der Waals surface area (Å²) in [6, 6.07) is 6.59. The van der Waals surface area contributed by atoms with Gasteiger partial charge in [-0.3, -0.25) is 4.79 Å². The number of anilines is 4. The number of halogens is 7. The quantitative estimate of drug-likeness (QED) is 0.185. The van der Waals surface area contributed by atoms with E-state index in [1.165, 1.54) is 18.3 Å². The largest absolute Gasteiger partial charge is 0.493 e. The van der Waals surface area contributed by atoms with Crippen molar-refractivity contribution < 1.29 is 45.2 Å². The van der Waals surface area contributed by atoms with Gasteiger partial charge in [0.15, 0.2) is 0 Å². The molecule has 1 aromatic heterocycles. The van der Waals surface area contributed by atoms with Crippen molar-refractivity contribution in [3.05, 3.63) is 72.7 Å². The van der Waals surface area contributed by atoms with Crippen LogP contribution in [0.2, 0.25) is 0 Å². The molecule has 1 amide bonds. The summed E-state index contributed by atoms with van der Waals surface area (Å²) in [5.41, 5.74) is -1.43. The highest BCUT2D eigenvalue weighted by atomic mass is 19.4. The number of aromatic nitrogens is 2. The third kappa shape index (κ3) is 7.80. The van der Waals surface area contributed by atoms with Crippen LogP contribution in [0.5, 0.6) is 0 Å². The van der Waals surface area contributed by atoms with Crippen LogP contribution in [0, 0.1) is 5.82 Å². The van der Waals surface area contributed by atoms with Crippen LogP contribution in [-0.2, 0) is 20.6 Å². The fourth-order valence-electron chi connectivity index (χ4n) is 4.24. The predicted molar refractivity (Wildman–Crippen MR) is 146 cm³/mol. The maximum absolute atomic E-state index is 15.0. The summed E-state index contributed by atoms with van der Waals surface area (Å²) in [4.78, 5) is 38.8. The van der Waals surface area contributed by atoms with E-state index in [-0.39, 0.29) is 34.0 Å². The molecule has 9 nitrogen and oxygen atoms in total. The van der Waals surface area contributed by atoms with Crippen molar-refractivity contribution in [3.8, 4) is 11.1 Å². The SMILES string of the molecule is C=CC(=O)N(OC(=O)C(F)(F)F)c1ccc(F)c(Nc2nc(NC3CCN(C)CC3)ncc2-c2ccc(C(F)(F)F)cc2)c1. The molecule has 0 radical (unpaired) electrons. The average Bonchev–Trinajstić information content (AvgIpc) is 2.97. The molecule has 0 unspecified atom stereocenters. The zero-order valence-corrected chi connectivity index (χ0v) is 23.0. The van der Waals surface area contributed by atoms with Crippen molar-refractivity contribution in [2.75, 3.05) is 35.8 Å². The van der Waals surface area contributed by atoms with Crippen LogP contribution < -0.4 is 15.7 Å². The van der Waals surface area contributed by atoms with E-state index in [0.717, 1.165) is 56.3 Å². The highest BCUT2D eigenvalue weighted by molar-refractivity contribution is 6.01. The zero-order chi connectivity index (χ0) is 32.2. The molecule has 2 N–H and O–H groups in total. The van der Waals surface area contributed by atoms with Crippen LogP contribution >= 0.6 is 0 Å². The van der Waals surface area contributed by atoms with Crippen molar-refractivity contribution in [1.82, 2.24) is 14.9 Å². The third-order valence-corrected chi connectivity index (χ3v) is 6.58. The maximum Gasteiger partial charge on any atom is 0.493 e. The maximum atomic E-state index is 15.0. The first-order valence-corrected chi connectivity index (χ1v) is 13.0. The summed E-state index contributed by atoms with van der Waals surface area (Å²) >= 11 is 0. The topological polar surface area (TPSA) is 99.7 Å². The third-order valence-electron chi connectivity index (χ3n) is 6.58. The highest BCUT2D eigenvalue weighted by Gasteiger charge is 2.43. The fraction of sp³-hybridized carbons (Fsp3) is 0.286.